The molecule has 0 bridgehead atoms. The molecule has 4 heteroatoms. The van der Waals surface area contributed by atoms with Gasteiger partial charge in [-0.05, 0) is 35.4 Å². The third kappa shape index (κ3) is 5.89. The van der Waals surface area contributed by atoms with E-state index < -0.39 is 0 Å². The lowest BCUT2D eigenvalue weighted by molar-refractivity contribution is -0.119. The van der Waals surface area contributed by atoms with E-state index in [1.807, 2.05) is 96.9 Å². The second kappa shape index (κ2) is 9.43. The normalized spacial score (nSPS) is 10.3. The van der Waals surface area contributed by atoms with Crippen LogP contribution >= 0.6 is 0 Å². The summed E-state index contributed by atoms with van der Waals surface area (Å²) >= 11 is 0. The largest absolute Gasteiger partial charge is 0.489 e. The van der Waals surface area contributed by atoms with Gasteiger partial charge in [-0.15, -0.1) is 0 Å². The Bertz CT molecular complexity index is 833. The number of anilines is 1. The second-order valence-corrected chi connectivity index (χ2v) is 6.39. The number of nitrogens with one attached hydrogen (secondary N) is 1. The number of ether oxygens (including phenoxy) is 1. The van der Waals surface area contributed by atoms with Gasteiger partial charge in [0.15, 0.2) is 0 Å². The number of nitrogens with zero attached hydrogens (tertiary/aromatic N) is 1. The van der Waals surface area contributed by atoms with Crippen molar-refractivity contribution < 1.29 is 9.53 Å². The van der Waals surface area contributed by atoms with E-state index in [-0.39, 0.29) is 5.91 Å². The van der Waals surface area contributed by atoms with E-state index in [4.69, 9.17) is 4.74 Å². The third-order valence-electron chi connectivity index (χ3n) is 4.24. The Kier molecular flexibility index (Phi) is 6.47. The summed E-state index contributed by atoms with van der Waals surface area (Å²) in [4.78, 5) is 14.1. The zero-order valence-corrected chi connectivity index (χ0v) is 15.5. The molecule has 0 heterocycles. The summed E-state index contributed by atoms with van der Waals surface area (Å²) in [6.07, 6.45) is 0. The minimum atomic E-state index is -0.00200. The standard InChI is InChI=1S/C23H24N2O2/c1-25(21-8-4-2-5-9-21)17-23(26)24-16-19-12-14-20(15-13-19)18-27-22-10-6-3-7-11-22/h2-15H,16-18H2,1H3,(H,24,26). The minimum absolute atomic E-state index is 0.00200. The highest BCUT2D eigenvalue weighted by Crippen LogP contribution is 2.13. The number of para-hydroxylation sites is 2. The van der Waals surface area contributed by atoms with Crippen LogP contribution in [0.25, 0.3) is 0 Å². The maximum Gasteiger partial charge on any atom is 0.239 e. The fourth-order valence-corrected chi connectivity index (χ4v) is 2.68. The summed E-state index contributed by atoms with van der Waals surface area (Å²) in [5.41, 5.74) is 3.18. The van der Waals surface area contributed by atoms with Crippen LogP contribution in [0, 0.1) is 0 Å². The van der Waals surface area contributed by atoms with E-state index in [9.17, 15) is 4.79 Å². The van der Waals surface area contributed by atoms with Gasteiger partial charge in [-0.3, -0.25) is 4.79 Å². The number of amides is 1. The van der Waals surface area contributed by atoms with E-state index in [0.29, 0.717) is 19.7 Å². The topological polar surface area (TPSA) is 41.6 Å². The molecule has 0 aromatic heterocycles. The highest BCUT2D eigenvalue weighted by atomic mass is 16.5. The molecule has 138 valence electrons. The molecule has 0 aliphatic carbocycles. The van der Waals surface area contributed by atoms with E-state index in [1.165, 1.54) is 0 Å². The highest BCUT2D eigenvalue weighted by molar-refractivity contribution is 5.81. The summed E-state index contributed by atoms with van der Waals surface area (Å²) in [6.45, 7) is 1.37. The SMILES string of the molecule is CN(CC(=O)NCc1ccc(COc2ccccc2)cc1)c1ccccc1. The third-order valence-corrected chi connectivity index (χ3v) is 4.24. The average Bonchev–Trinajstić information content (AvgIpc) is 2.73. The molecule has 1 N–H and O–H groups in total. The number of carbonyl (C=O) groups excluding carboxylic acids is 1. The van der Waals surface area contributed by atoms with Crippen LogP contribution in [0.2, 0.25) is 0 Å². The number of likely N-dealkylation sites (N-methyl/N-ethyl adjacent to an activating group) is 1. The van der Waals surface area contributed by atoms with E-state index in [2.05, 4.69) is 5.32 Å². The number of hydrogen-bond acceptors (Lipinski definition) is 3. The lowest BCUT2D eigenvalue weighted by atomic mass is 10.1. The molecule has 0 spiro atoms. The zero-order chi connectivity index (χ0) is 18.9. The Morgan fingerprint density at radius 3 is 2.11 bits per heavy atom. The molecule has 0 saturated carbocycles. The van der Waals surface area contributed by atoms with Crippen LogP contribution < -0.4 is 15.0 Å². The molecule has 0 aliphatic heterocycles. The molecule has 1 amide bonds. The first-order chi connectivity index (χ1) is 13.2. The van der Waals surface area contributed by atoms with Gasteiger partial charge in [0, 0.05) is 19.3 Å². The van der Waals surface area contributed by atoms with Gasteiger partial charge in [0.25, 0.3) is 0 Å². The molecule has 27 heavy (non-hydrogen) atoms. The predicted octanol–water partition coefficient (Wildman–Crippen LogP) is 4.02. The summed E-state index contributed by atoms with van der Waals surface area (Å²) in [7, 11) is 1.91. The van der Waals surface area contributed by atoms with Crippen molar-refractivity contribution in [2.75, 3.05) is 18.5 Å². The average molecular weight is 360 g/mol. The fourth-order valence-electron chi connectivity index (χ4n) is 2.68. The Balaban J connectivity index is 1.43. The first-order valence-corrected chi connectivity index (χ1v) is 8.99. The molecule has 0 atom stereocenters. The maximum absolute atomic E-state index is 12.2. The van der Waals surface area contributed by atoms with Gasteiger partial charge in [-0.2, -0.15) is 0 Å². The molecule has 0 fully saturated rings. The molecule has 0 unspecified atom stereocenters. The Morgan fingerprint density at radius 2 is 1.44 bits per heavy atom. The summed E-state index contributed by atoms with van der Waals surface area (Å²) in [6, 6.07) is 27.7. The van der Waals surface area contributed by atoms with Gasteiger partial charge < -0.3 is 15.0 Å². The van der Waals surface area contributed by atoms with Crippen molar-refractivity contribution in [3.63, 3.8) is 0 Å². The zero-order valence-electron chi connectivity index (χ0n) is 15.5. The fraction of sp³-hybridized carbons (Fsp3) is 0.174. The quantitative estimate of drug-likeness (QED) is 0.660. The Labute approximate surface area is 160 Å². The maximum atomic E-state index is 12.2. The van der Waals surface area contributed by atoms with Crippen LogP contribution in [-0.4, -0.2) is 19.5 Å². The monoisotopic (exact) mass is 360 g/mol. The molecule has 4 nitrogen and oxygen atoms in total. The van der Waals surface area contributed by atoms with E-state index >= 15 is 0 Å². The summed E-state index contributed by atoms with van der Waals surface area (Å²) in [5.74, 6) is 0.856. The lowest BCUT2D eigenvalue weighted by Gasteiger charge is -2.18. The lowest BCUT2D eigenvalue weighted by Crippen LogP contribution is -2.34. The number of carbonyl (C=O) groups is 1. The Hall–Kier alpha value is -3.27. The molecular weight excluding hydrogens is 336 g/mol. The molecule has 0 saturated heterocycles. The van der Waals surface area contributed by atoms with Crippen LogP contribution in [0.1, 0.15) is 11.1 Å². The molecule has 3 aromatic rings. The number of hydrogen-bond donors (Lipinski definition) is 1. The van der Waals surface area contributed by atoms with Crippen LogP contribution in [0.5, 0.6) is 5.75 Å². The van der Waals surface area contributed by atoms with Gasteiger partial charge in [0.2, 0.25) is 5.91 Å². The molecular formula is C23H24N2O2. The molecule has 3 aromatic carbocycles. The van der Waals surface area contributed by atoms with Gasteiger partial charge in [0.05, 0.1) is 6.54 Å². The number of benzene rings is 3. The van der Waals surface area contributed by atoms with Gasteiger partial charge >= 0.3 is 0 Å². The van der Waals surface area contributed by atoms with Crippen molar-refractivity contribution in [3.05, 3.63) is 96.1 Å². The highest BCUT2D eigenvalue weighted by Gasteiger charge is 2.07. The van der Waals surface area contributed by atoms with Crippen molar-refractivity contribution in [2.45, 2.75) is 13.2 Å². The van der Waals surface area contributed by atoms with Crippen LogP contribution in [0.15, 0.2) is 84.9 Å². The van der Waals surface area contributed by atoms with Crippen molar-refractivity contribution in [2.24, 2.45) is 0 Å². The summed E-state index contributed by atoms with van der Waals surface area (Å²) in [5, 5.41) is 2.97. The van der Waals surface area contributed by atoms with E-state index in [0.717, 1.165) is 22.6 Å². The van der Waals surface area contributed by atoms with Crippen LogP contribution in [-0.2, 0) is 17.9 Å². The minimum Gasteiger partial charge on any atom is -0.489 e. The van der Waals surface area contributed by atoms with Crippen molar-refractivity contribution in [1.29, 1.82) is 0 Å². The van der Waals surface area contributed by atoms with Crippen molar-refractivity contribution in [3.8, 4) is 5.75 Å². The molecule has 0 radical (unpaired) electrons. The Morgan fingerprint density at radius 1 is 0.852 bits per heavy atom. The van der Waals surface area contributed by atoms with Crippen molar-refractivity contribution in [1.82, 2.24) is 5.32 Å². The van der Waals surface area contributed by atoms with Gasteiger partial charge in [0.1, 0.15) is 12.4 Å². The van der Waals surface area contributed by atoms with Crippen LogP contribution in [0.3, 0.4) is 0 Å². The number of rotatable bonds is 8. The smallest absolute Gasteiger partial charge is 0.239 e. The van der Waals surface area contributed by atoms with Gasteiger partial charge in [-0.25, -0.2) is 0 Å². The molecule has 3 rings (SSSR count). The predicted molar refractivity (Wildman–Crippen MR) is 109 cm³/mol. The van der Waals surface area contributed by atoms with E-state index in [1.54, 1.807) is 0 Å². The van der Waals surface area contributed by atoms with Gasteiger partial charge in [-0.1, -0.05) is 60.7 Å². The first-order valence-electron chi connectivity index (χ1n) is 8.99. The van der Waals surface area contributed by atoms with Crippen LogP contribution in [0.4, 0.5) is 5.69 Å². The second-order valence-electron chi connectivity index (χ2n) is 6.39. The first kappa shape index (κ1) is 18.5. The summed E-state index contributed by atoms with van der Waals surface area (Å²) < 4.78 is 5.74. The molecule has 0 aliphatic rings. The van der Waals surface area contributed by atoms with Crippen molar-refractivity contribution >= 4 is 11.6 Å².